The van der Waals surface area contributed by atoms with Gasteiger partial charge in [-0.15, -0.1) is 0 Å². The second-order valence-corrected chi connectivity index (χ2v) is 6.11. The molecule has 0 aromatic heterocycles. The Morgan fingerprint density at radius 3 is 2.35 bits per heavy atom. The molecule has 0 heterocycles. The fourth-order valence-corrected chi connectivity index (χ4v) is 2.75. The first kappa shape index (κ1) is 13.6. The molecule has 0 aliphatic rings. The van der Waals surface area contributed by atoms with E-state index in [1.165, 1.54) is 25.5 Å². The Balaban J connectivity index is 1.69. The summed E-state index contributed by atoms with van der Waals surface area (Å²) in [7, 11) is 0. The third kappa shape index (κ3) is 3.19. The topological polar surface area (TPSA) is 12.0 Å². The molecule has 0 fully saturated rings. The van der Waals surface area contributed by atoms with Crippen molar-refractivity contribution < 1.29 is 0 Å². The van der Waals surface area contributed by atoms with Crippen LogP contribution in [0.4, 0.5) is 0 Å². The van der Waals surface area contributed by atoms with Crippen LogP contribution in [0.15, 0.2) is 66.7 Å². The van der Waals surface area contributed by atoms with Crippen molar-refractivity contribution in [2.75, 3.05) is 0 Å². The van der Waals surface area contributed by atoms with E-state index in [9.17, 15) is 0 Å². The van der Waals surface area contributed by atoms with Gasteiger partial charge in [-0.25, -0.2) is 0 Å². The number of hydrogen-bond donors (Lipinski definition) is 1. The van der Waals surface area contributed by atoms with E-state index in [1.54, 1.807) is 0 Å². The van der Waals surface area contributed by atoms with Crippen molar-refractivity contribution in [3.63, 3.8) is 0 Å². The highest BCUT2D eigenvalue weighted by atomic mass is 127. The summed E-state index contributed by atoms with van der Waals surface area (Å²) in [6.07, 6.45) is 0. The van der Waals surface area contributed by atoms with Crippen LogP contribution in [0.5, 0.6) is 0 Å². The Morgan fingerprint density at radius 1 is 0.750 bits per heavy atom. The van der Waals surface area contributed by atoms with Crippen molar-refractivity contribution in [3.05, 3.63) is 81.4 Å². The maximum atomic E-state index is 3.53. The standard InChI is InChI=1S/C18H16IN/c19-17-10-8-14(9-11-17)12-20-13-16-6-3-5-15-4-1-2-7-18(15)16/h1-11,20H,12-13H2. The van der Waals surface area contributed by atoms with Crippen LogP contribution in [0.3, 0.4) is 0 Å². The lowest BCUT2D eigenvalue weighted by Crippen LogP contribution is -2.12. The predicted octanol–water partition coefficient (Wildman–Crippen LogP) is 4.73. The van der Waals surface area contributed by atoms with Gasteiger partial charge in [-0.05, 0) is 56.6 Å². The van der Waals surface area contributed by atoms with E-state index in [4.69, 9.17) is 0 Å². The van der Waals surface area contributed by atoms with Gasteiger partial charge in [0.25, 0.3) is 0 Å². The molecule has 0 amide bonds. The molecule has 100 valence electrons. The summed E-state index contributed by atoms with van der Waals surface area (Å²) in [5.41, 5.74) is 2.68. The fourth-order valence-electron chi connectivity index (χ4n) is 2.39. The molecule has 1 nitrogen and oxygen atoms in total. The summed E-state index contributed by atoms with van der Waals surface area (Å²) >= 11 is 2.33. The SMILES string of the molecule is Ic1ccc(CNCc2cccc3ccccc23)cc1. The third-order valence-corrected chi connectivity index (χ3v) is 4.16. The van der Waals surface area contributed by atoms with Gasteiger partial charge in [0.2, 0.25) is 0 Å². The number of rotatable bonds is 4. The van der Waals surface area contributed by atoms with Crippen LogP contribution < -0.4 is 5.32 Å². The van der Waals surface area contributed by atoms with Crippen LogP contribution in [0.25, 0.3) is 10.8 Å². The fraction of sp³-hybridized carbons (Fsp3) is 0.111. The average Bonchev–Trinajstić information content (AvgIpc) is 2.49. The molecule has 0 unspecified atom stereocenters. The second-order valence-electron chi connectivity index (χ2n) is 4.87. The van der Waals surface area contributed by atoms with Crippen molar-refractivity contribution in [2.24, 2.45) is 0 Å². The largest absolute Gasteiger partial charge is 0.309 e. The van der Waals surface area contributed by atoms with Crippen LogP contribution in [-0.4, -0.2) is 0 Å². The number of hydrogen-bond acceptors (Lipinski definition) is 1. The van der Waals surface area contributed by atoms with Gasteiger partial charge in [-0.3, -0.25) is 0 Å². The van der Waals surface area contributed by atoms with Gasteiger partial charge in [0, 0.05) is 16.7 Å². The number of fused-ring (bicyclic) bond motifs is 1. The van der Waals surface area contributed by atoms with Gasteiger partial charge >= 0.3 is 0 Å². The van der Waals surface area contributed by atoms with Gasteiger partial charge in [-0.2, -0.15) is 0 Å². The summed E-state index contributed by atoms with van der Waals surface area (Å²) in [5, 5.41) is 6.17. The molecular formula is C18H16IN. The van der Waals surface area contributed by atoms with Crippen molar-refractivity contribution in [3.8, 4) is 0 Å². The van der Waals surface area contributed by atoms with Crippen molar-refractivity contribution >= 4 is 33.4 Å². The zero-order chi connectivity index (χ0) is 13.8. The third-order valence-electron chi connectivity index (χ3n) is 3.44. The molecule has 0 aliphatic carbocycles. The van der Waals surface area contributed by atoms with Crippen LogP contribution in [-0.2, 0) is 13.1 Å². The average molecular weight is 373 g/mol. The number of halogens is 1. The molecule has 0 radical (unpaired) electrons. The molecule has 0 saturated heterocycles. The Kier molecular flexibility index (Phi) is 4.33. The minimum absolute atomic E-state index is 0.896. The van der Waals surface area contributed by atoms with E-state index >= 15 is 0 Å². The van der Waals surface area contributed by atoms with E-state index in [1.807, 2.05) is 0 Å². The number of benzene rings is 3. The first-order chi connectivity index (χ1) is 9.83. The maximum absolute atomic E-state index is 3.53. The molecule has 0 saturated carbocycles. The van der Waals surface area contributed by atoms with Gasteiger partial charge in [0.05, 0.1) is 0 Å². The van der Waals surface area contributed by atoms with E-state index < -0.39 is 0 Å². The maximum Gasteiger partial charge on any atom is 0.0214 e. The predicted molar refractivity (Wildman–Crippen MR) is 93.7 cm³/mol. The smallest absolute Gasteiger partial charge is 0.0214 e. The molecule has 2 heteroatoms. The molecule has 20 heavy (non-hydrogen) atoms. The molecule has 3 aromatic carbocycles. The molecule has 3 rings (SSSR count). The second kappa shape index (κ2) is 6.37. The van der Waals surface area contributed by atoms with E-state index in [2.05, 4.69) is 94.6 Å². The summed E-state index contributed by atoms with van der Waals surface area (Å²) < 4.78 is 1.28. The van der Waals surface area contributed by atoms with Crippen molar-refractivity contribution in [1.82, 2.24) is 5.32 Å². The van der Waals surface area contributed by atoms with Crippen LogP contribution in [0, 0.1) is 3.57 Å². The van der Waals surface area contributed by atoms with Gasteiger partial charge in [0.1, 0.15) is 0 Å². The summed E-state index contributed by atoms with van der Waals surface area (Å²) in [6, 6.07) is 23.7. The molecule has 0 spiro atoms. The van der Waals surface area contributed by atoms with E-state index in [0.29, 0.717) is 0 Å². The highest BCUT2D eigenvalue weighted by Crippen LogP contribution is 2.18. The van der Waals surface area contributed by atoms with E-state index in [0.717, 1.165) is 13.1 Å². The van der Waals surface area contributed by atoms with Gasteiger partial charge < -0.3 is 5.32 Å². The number of nitrogens with one attached hydrogen (secondary N) is 1. The summed E-state index contributed by atoms with van der Waals surface area (Å²) in [6.45, 7) is 1.80. The molecule has 1 N–H and O–H groups in total. The highest BCUT2D eigenvalue weighted by Gasteiger charge is 2.00. The van der Waals surface area contributed by atoms with Crippen LogP contribution in [0.2, 0.25) is 0 Å². The molecular weight excluding hydrogens is 357 g/mol. The first-order valence-corrected chi connectivity index (χ1v) is 7.82. The van der Waals surface area contributed by atoms with Crippen molar-refractivity contribution in [1.29, 1.82) is 0 Å². The molecule has 0 bridgehead atoms. The Morgan fingerprint density at radius 2 is 1.50 bits per heavy atom. The van der Waals surface area contributed by atoms with E-state index in [-0.39, 0.29) is 0 Å². The summed E-state index contributed by atoms with van der Waals surface area (Å²) in [5.74, 6) is 0. The Hall–Kier alpha value is -1.39. The molecule has 3 aromatic rings. The normalized spacial score (nSPS) is 10.8. The van der Waals surface area contributed by atoms with Gasteiger partial charge in [-0.1, -0.05) is 54.6 Å². The zero-order valence-electron chi connectivity index (χ0n) is 11.1. The first-order valence-electron chi connectivity index (χ1n) is 6.75. The summed E-state index contributed by atoms with van der Waals surface area (Å²) in [4.78, 5) is 0. The quantitative estimate of drug-likeness (QED) is 0.652. The van der Waals surface area contributed by atoms with Gasteiger partial charge in [0.15, 0.2) is 0 Å². The minimum Gasteiger partial charge on any atom is -0.309 e. The lowest BCUT2D eigenvalue weighted by molar-refractivity contribution is 0.696. The lowest BCUT2D eigenvalue weighted by Gasteiger charge is -2.08. The molecule has 0 atom stereocenters. The lowest BCUT2D eigenvalue weighted by atomic mass is 10.0. The molecule has 0 aliphatic heterocycles. The monoisotopic (exact) mass is 373 g/mol. The Labute approximate surface area is 133 Å². The Bertz CT molecular complexity index is 699. The van der Waals surface area contributed by atoms with Crippen LogP contribution >= 0.6 is 22.6 Å². The minimum atomic E-state index is 0.896. The van der Waals surface area contributed by atoms with Crippen molar-refractivity contribution in [2.45, 2.75) is 13.1 Å². The highest BCUT2D eigenvalue weighted by molar-refractivity contribution is 14.1. The van der Waals surface area contributed by atoms with Crippen LogP contribution in [0.1, 0.15) is 11.1 Å². The zero-order valence-corrected chi connectivity index (χ0v) is 13.3.